The zero-order valence-electron chi connectivity index (χ0n) is 8.40. The molecule has 0 radical (unpaired) electrons. The van der Waals surface area contributed by atoms with Crippen molar-refractivity contribution in [2.24, 2.45) is 0 Å². The number of hydrogen-bond donors (Lipinski definition) is 0. The smallest absolute Gasteiger partial charge is 0.336 e. The van der Waals surface area contributed by atoms with Gasteiger partial charge >= 0.3 is 5.63 Å². The standard InChI is InChI=1S/C12H9BrO3/c1-2-7-15-9-5-3-8-4-6-10(14)16-12(8)11(9)13/h2-6H,1,7H2. The molecule has 1 aromatic carbocycles. The topological polar surface area (TPSA) is 39.4 Å². The molecule has 0 spiro atoms. The largest absolute Gasteiger partial charge is 0.488 e. The van der Waals surface area contributed by atoms with Gasteiger partial charge in [0.1, 0.15) is 16.8 Å². The third-order valence-electron chi connectivity index (χ3n) is 2.05. The minimum atomic E-state index is -0.380. The summed E-state index contributed by atoms with van der Waals surface area (Å²) in [5.41, 5.74) is 0.114. The van der Waals surface area contributed by atoms with E-state index in [4.69, 9.17) is 9.15 Å². The number of hydrogen-bond acceptors (Lipinski definition) is 3. The molecule has 0 N–H and O–H groups in total. The SMILES string of the molecule is C=CCOc1ccc2ccc(=O)oc2c1Br. The first-order chi connectivity index (χ1) is 7.72. The van der Waals surface area contributed by atoms with E-state index in [9.17, 15) is 4.79 Å². The van der Waals surface area contributed by atoms with E-state index in [1.807, 2.05) is 12.1 Å². The average Bonchev–Trinajstić information content (AvgIpc) is 2.29. The Bertz CT molecular complexity index is 586. The fraction of sp³-hybridized carbons (Fsp3) is 0.0833. The summed E-state index contributed by atoms with van der Waals surface area (Å²) in [4.78, 5) is 11.1. The Morgan fingerprint density at radius 2 is 2.12 bits per heavy atom. The van der Waals surface area contributed by atoms with Crippen molar-refractivity contribution in [1.82, 2.24) is 0 Å². The summed E-state index contributed by atoms with van der Waals surface area (Å²) < 4.78 is 11.2. The molecule has 0 saturated carbocycles. The second kappa shape index (κ2) is 4.53. The molecular weight excluding hydrogens is 272 g/mol. The van der Waals surface area contributed by atoms with Gasteiger partial charge in [0.05, 0.1) is 0 Å². The number of halogens is 1. The Labute approximate surface area is 100 Å². The lowest BCUT2D eigenvalue weighted by Crippen LogP contribution is -1.97. The molecule has 1 aromatic heterocycles. The summed E-state index contributed by atoms with van der Waals surface area (Å²) >= 11 is 3.35. The van der Waals surface area contributed by atoms with Crippen molar-refractivity contribution in [3.63, 3.8) is 0 Å². The molecule has 0 aliphatic carbocycles. The molecule has 16 heavy (non-hydrogen) atoms. The zero-order chi connectivity index (χ0) is 11.5. The molecule has 3 nitrogen and oxygen atoms in total. The first-order valence-electron chi connectivity index (χ1n) is 4.68. The molecule has 0 aliphatic rings. The van der Waals surface area contributed by atoms with Crippen LogP contribution in [0.1, 0.15) is 0 Å². The highest BCUT2D eigenvalue weighted by molar-refractivity contribution is 9.10. The van der Waals surface area contributed by atoms with Gasteiger partial charge in [0, 0.05) is 11.5 Å². The lowest BCUT2D eigenvalue weighted by atomic mass is 10.2. The molecule has 2 aromatic rings. The molecular formula is C12H9BrO3. The van der Waals surface area contributed by atoms with Crippen molar-refractivity contribution < 1.29 is 9.15 Å². The van der Waals surface area contributed by atoms with Gasteiger partial charge in [0.25, 0.3) is 0 Å². The Morgan fingerprint density at radius 1 is 1.38 bits per heavy atom. The fourth-order valence-corrected chi connectivity index (χ4v) is 1.90. The van der Waals surface area contributed by atoms with Gasteiger partial charge in [-0.2, -0.15) is 0 Å². The second-order valence-electron chi connectivity index (χ2n) is 3.15. The van der Waals surface area contributed by atoms with Crippen LogP contribution in [0.25, 0.3) is 11.0 Å². The van der Waals surface area contributed by atoms with Gasteiger partial charge in [0.15, 0.2) is 5.58 Å². The van der Waals surface area contributed by atoms with Gasteiger partial charge in [-0.25, -0.2) is 4.79 Å². The number of fused-ring (bicyclic) bond motifs is 1. The van der Waals surface area contributed by atoms with E-state index in [-0.39, 0.29) is 5.63 Å². The van der Waals surface area contributed by atoms with Crippen LogP contribution in [0.3, 0.4) is 0 Å². The Balaban J connectivity index is 2.58. The molecule has 1 heterocycles. The Morgan fingerprint density at radius 3 is 2.88 bits per heavy atom. The lowest BCUT2D eigenvalue weighted by Gasteiger charge is -2.07. The van der Waals surface area contributed by atoms with E-state index in [1.165, 1.54) is 6.07 Å². The van der Waals surface area contributed by atoms with Gasteiger partial charge < -0.3 is 9.15 Å². The minimum absolute atomic E-state index is 0.380. The monoisotopic (exact) mass is 280 g/mol. The molecule has 0 fully saturated rings. The summed E-state index contributed by atoms with van der Waals surface area (Å²) in [6.07, 6.45) is 1.65. The van der Waals surface area contributed by atoms with E-state index < -0.39 is 0 Å². The van der Waals surface area contributed by atoms with Crippen LogP contribution >= 0.6 is 15.9 Å². The molecule has 0 amide bonds. The maximum Gasteiger partial charge on any atom is 0.336 e. The van der Waals surface area contributed by atoms with E-state index in [2.05, 4.69) is 22.5 Å². The predicted molar refractivity (Wildman–Crippen MR) is 65.9 cm³/mol. The van der Waals surface area contributed by atoms with Crippen LogP contribution in [0.4, 0.5) is 0 Å². The quantitative estimate of drug-likeness (QED) is 0.641. The van der Waals surface area contributed by atoms with Crippen molar-refractivity contribution in [2.75, 3.05) is 6.61 Å². The van der Waals surface area contributed by atoms with Gasteiger partial charge in [0.2, 0.25) is 0 Å². The summed E-state index contributed by atoms with van der Waals surface area (Å²) in [5.74, 6) is 0.627. The summed E-state index contributed by atoms with van der Waals surface area (Å²) in [6.45, 7) is 3.97. The van der Waals surface area contributed by atoms with Crippen molar-refractivity contribution in [3.8, 4) is 5.75 Å². The van der Waals surface area contributed by atoms with Crippen molar-refractivity contribution in [1.29, 1.82) is 0 Å². The van der Waals surface area contributed by atoms with E-state index in [0.29, 0.717) is 22.4 Å². The molecule has 0 saturated heterocycles. The highest BCUT2D eigenvalue weighted by atomic mass is 79.9. The summed E-state index contributed by atoms with van der Waals surface area (Å²) in [6, 6.07) is 6.75. The van der Waals surface area contributed by atoms with Gasteiger partial charge in [-0.15, -0.1) is 0 Å². The van der Waals surface area contributed by atoms with Crippen molar-refractivity contribution in [3.05, 3.63) is 51.8 Å². The maximum absolute atomic E-state index is 11.1. The van der Waals surface area contributed by atoms with Crippen molar-refractivity contribution in [2.45, 2.75) is 0 Å². The van der Waals surface area contributed by atoms with E-state index >= 15 is 0 Å². The molecule has 4 heteroatoms. The van der Waals surface area contributed by atoms with Crippen LogP contribution in [0.5, 0.6) is 5.75 Å². The fourth-order valence-electron chi connectivity index (χ4n) is 1.34. The van der Waals surface area contributed by atoms with Crippen LogP contribution in [-0.2, 0) is 0 Å². The predicted octanol–water partition coefficient (Wildman–Crippen LogP) is 3.12. The molecule has 0 aliphatic heterocycles. The highest BCUT2D eigenvalue weighted by Gasteiger charge is 2.08. The molecule has 82 valence electrons. The Hall–Kier alpha value is -1.55. The number of ether oxygens (including phenoxy) is 1. The van der Waals surface area contributed by atoms with Crippen LogP contribution in [0.2, 0.25) is 0 Å². The molecule has 0 atom stereocenters. The third-order valence-corrected chi connectivity index (χ3v) is 2.80. The van der Waals surface area contributed by atoms with Crippen LogP contribution in [0.15, 0.2) is 50.6 Å². The maximum atomic E-state index is 11.1. The second-order valence-corrected chi connectivity index (χ2v) is 3.94. The van der Waals surface area contributed by atoms with E-state index in [0.717, 1.165) is 5.39 Å². The van der Waals surface area contributed by atoms with Gasteiger partial charge in [-0.3, -0.25) is 0 Å². The first-order valence-corrected chi connectivity index (χ1v) is 5.48. The summed E-state index contributed by atoms with van der Waals surface area (Å²) in [5, 5.41) is 0.845. The summed E-state index contributed by atoms with van der Waals surface area (Å²) in [7, 11) is 0. The normalized spacial score (nSPS) is 10.3. The first kappa shape index (κ1) is 11.0. The average molecular weight is 281 g/mol. The Kier molecular flexibility index (Phi) is 3.10. The molecule has 2 rings (SSSR count). The molecule has 0 bridgehead atoms. The van der Waals surface area contributed by atoms with Crippen LogP contribution in [0, 0.1) is 0 Å². The minimum Gasteiger partial charge on any atom is -0.488 e. The van der Waals surface area contributed by atoms with Gasteiger partial charge in [-0.1, -0.05) is 12.7 Å². The van der Waals surface area contributed by atoms with Crippen LogP contribution in [-0.4, -0.2) is 6.61 Å². The third kappa shape index (κ3) is 2.02. The number of rotatable bonds is 3. The zero-order valence-corrected chi connectivity index (χ0v) is 9.99. The van der Waals surface area contributed by atoms with Crippen molar-refractivity contribution >= 4 is 26.9 Å². The van der Waals surface area contributed by atoms with E-state index in [1.54, 1.807) is 12.1 Å². The molecule has 0 unspecified atom stereocenters. The number of benzene rings is 1. The highest BCUT2D eigenvalue weighted by Crippen LogP contribution is 2.32. The van der Waals surface area contributed by atoms with Crippen LogP contribution < -0.4 is 10.4 Å². The van der Waals surface area contributed by atoms with Gasteiger partial charge in [-0.05, 0) is 34.1 Å². The lowest BCUT2D eigenvalue weighted by molar-refractivity contribution is 0.360.